The van der Waals surface area contributed by atoms with E-state index >= 15 is 0 Å². The molecule has 0 saturated heterocycles. The van der Waals surface area contributed by atoms with E-state index in [2.05, 4.69) is 15.9 Å². The van der Waals surface area contributed by atoms with Gasteiger partial charge < -0.3 is 5.32 Å². The molecule has 138 valence electrons. The number of hydrogen-bond acceptors (Lipinski definition) is 2. The van der Waals surface area contributed by atoms with Crippen LogP contribution < -0.4 is 10.6 Å². The van der Waals surface area contributed by atoms with Crippen molar-refractivity contribution in [1.29, 1.82) is 0 Å². The Morgan fingerprint density at radius 3 is 2.08 bits per heavy atom. The SMILES string of the molecule is O=C(NC(=O)c1c(F)cccc1F)Nc1cc(C(F)(F)F)c(F)cc1Br. The monoisotopic (exact) mass is 440 g/mol. The normalized spacial score (nSPS) is 11.2. The van der Waals surface area contributed by atoms with E-state index in [9.17, 15) is 35.9 Å². The van der Waals surface area contributed by atoms with Crippen LogP contribution in [-0.4, -0.2) is 11.9 Å². The van der Waals surface area contributed by atoms with Gasteiger partial charge in [0.05, 0.1) is 11.3 Å². The van der Waals surface area contributed by atoms with Gasteiger partial charge in [-0.1, -0.05) is 6.07 Å². The molecule has 4 nitrogen and oxygen atoms in total. The van der Waals surface area contributed by atoms with Crippen molar-refractivity contribution in [2.45, 2.75) is 6.18 Å². The summed E-state index contributed by atoms with van der Waals surface area (Å²) in [4.78, 5) is 23.5. The molecule has 2 rings (SSSR count). The Labute approximate surface area is 150 Å². The van der Waals surface area contributed by atoms with Gasteiger partial charge in [0.1, 0.15) is 23.0 Å². The number of hydrogen-bond donors (Lipinski definition) is 2. The third-order valence-electron chi connectivity index (χ3n) is 3.03. The minimum atomic E-state index is -5.02. The Morgan fingerprint density at radius 2 is 1.54 bits per heavy atom. The maximum Gasteiger partial charge on any atom is 0.419 e. The van der Waals surface area contributed by atoms with Crippen molar-refractivity contribution in [3.05, 3.63) is 63.4 Å². The molecule has 0 unspecified atom stereocenters. The first-order valence-electron chi connectivity index (χ1n) is 6.63. The number of nitrogens with one attached hydrogen (secondary N) is 2. The van der Waals surface area contributed by atoms with E-state index < -0.39 is 52.4 Å². The fraction of sp³-hybridized carbons (Fsp3) is 0.0667. The molecular formula is C15H7BrF6N2O2. The average molecular weight is 441 g/mol. The number of carbonyl (C=O) groups is 2. The second-order valence-electron chi connectivity index (χ2n) is 4.81. The summed E-state index contributed by atoms with van der Waals surface area (Å²) in [7, 11) is 0. The Morgan fingerprint density at radius 1 is 0.962 bits per heavy atom. The predicted molar refractivity (Wildman–Crippen MR) is 81.9 cm³/mol. The molecule has 3 amide bonds. The van der Waals surface area contributed by atoms with Gasteiger partial charge in [-0.3, -0.25) is 10.1 Å². The van der Waals surface area contributed by atoms with E-state index in [4.69, 9.17) is 0 Å². The first-order chi connectivity index (χ1) is 12.0. The van der Waals surface area contributed by atoms with Crippen molar-refractivity contribution >= 4 is 33.6 Å². The van der Waals surface area contributed by atoms with Crippen molar-refractivity contribution < 1.29 is 35.9 Å². The third-order valence-corrected chi connectivity index (χ3v) is 3.68. The molecule has 0 bridgehead atoms. The Balaban J connectivity index is 2.22. The summed E-state index contributed by atoms with van der Waals surface area (Å²) in [6.45, 7) is 0. The predicted octanol–water partition coefficient (Wildman–Crippen LogP) is 4.85. The number of imide groups is 1. The number of anilines is 1. The molecule has 11 heteroatoms. The highest BCUT2D eigenvalue weighted by molar-refractivity contribution is 9.10. The average Bonchev–Trinajstić information content (AvgIpc) is 2.48. The van der Waals surface area contributed by atoms with Crippen LogP contribution in [0.3, 0.4) is 0 Å². The van der Waals surface area contributed by atoms with Crippen LogP contribution in [-0.2, 0) is 6.18 Å². The number of alkyl halides is 3. The number of halogens is 7. The van der Waals surface area contributed by atoms with E-state index in [0.717, 1.165) is 18.2 Å². The van der Waals surface area contributed by atoms with Crippen LogP contribution in [0.2, 0.25) is 0 Å². The fourth-order valence-electron chi connectivity index (χ4n) is 1.90. The molecule has 0 aliphatic heterocycles. The quantitative estimate of drug-likeness (QED) is 0.656. The highest BCUT2D eigenvalue weighted by Gasteiger charge is 2.35. The van der Waals surface area contributed by atoms with Crippen LogP contribution in [0.1, 0.15) is 15.9 Å². The van der Waals surface area contributed by atoms with E-state index in [1.165, 1.54) is 0 Å². The van der Waals surface area contributed by atoms with Crippen LogP contribution in [0.5, 0.6) is 0 Å². The lowest BCUT2D eigenvalue weighted by Crippen LogP contribution is -2.35. The van der Waals surface area contributed by atoms with Crippen LogP contribution in [0.15, 0.2) is 34.8 Å². The number of urea groups is 1. The highest BCUT2D eigenvalue weighted by Crippen LogP contribution is 2.36. The van der Waals surface area contributed by atoms with Crippen molar-refractivity contribution in [2.24, 2.45) is 0 Å². The van der Waals surface area contributed by atoms with E-state index in [0.29, 0.717) is 12.1 Å². The van der Waals surface area contributed by atoms with Gasteiger partial charge in [-0.15, -0.1) is 0 Å². The van der Waals surface area contributed by atoms with Gasteiger partial charge in [-0.25, -0.2) is 18.0 Å². The van der Waals surface area contributed by atoms with Gasteiger partial charge >= 0.3 is 12.2 Å². The Hall–Kier alpha value is -2.56. The summed E-state index contributed by atoms with van der Waals surface area (Å²) in [5.41, 5.74) is -3.21. The molecule has 0 fully saturated rings. The topological polar surface area (TPSA) is 58.2 Å². The number of benzene rings is 2. The first kappa shape index (κ1) is 19.8. The zero-order chi connectivity index (χ0) is 19.6. The minimum Gasteiger partial charge on any atom is -0.307 e. The van der Waals surface area contributed by atoms with Crippen molar-refractivity contribution in [2.75, 3.05) is 5.32 Å². The fourth-order valence-corrected chi connectivity index (χ4v) is 2.31. The second-order valence-corrected chi connectivity index (χ2v) is 5.67. The zero-order valence-electron chi connectivity index (χ0n) is 12.3. The second kappa shape index (κ2) is 7.36. The lowest BCUT2D eigenvalue weighted by Gasteiger charge is -2.13. The van der Waals surface area contributed by atoms with Gasteiger partial charge in [0, 0.05) is 4.47 Å². The number of carbonyl (C=O) groups excluding carboxylic acids is 2. The molecule has 0 aliphatic carbocycles. The Kier molecular flexibility index (Phi) is 5.59. The molecule has 2 N–H and O–H groups in total. The lowest BCUT2D eigenvalue weighted by molar-refractivity contribution is -0.139. The van der Waals surface area contributed by atoms with Gasteiger partial charge in [0.25, 0.3) is 5.91 Å². The van der Waals surface area contributed by atoms with Gasteiger partial charge in [0.15, 0.2) is 0 Å². The van der Waals surface area contributed by atoms with Gasteiger partial charge in [-0.2, -0.15) is 13.2 Å². The maximum atomic E-state index is 13.5. The molecule has 0 aromatic heterocycles. The lowest BCUT2D eigenvalue weighted by atomic mass is 10.1. The molecule has 2 aromatic rings. The molecule has 0 heterocycles. The molecule has 0 atom stereocenters. The molecule has 0 radical (unpaired) electrons. The largest absolute Gasteiger partial charge is 0.419 e. The summed E-state index contributed by atoms with van der Waals surface area (Å²) in [5.74, 6) is -5.51. The molecule has 0 aliphatic rings. The minimum absolute atomic E-state index is 0.248. The molecular weight excluding hydrogens is 434 g/mol. The standard InChI is InChI=1S/C15H7BrF6N2O2/c16-7-5-10(19)6(15(20,21)22)4-11(7)23-14(26)24-13(25)12-8(17)2-1-3-9(12)18/h1-5H,(H2,23,24,25,26). The van der Waals surface area contributed by atoms with Crippen molar-refractivity contribution in [1.82, 2.24) is 5.32 Å². The maximum absolute atomic E-state index is 13.5. The Bertz CT molecular complexity index is 865. The smallest absolute Gasteiger partial charge is 0.307 e. The highest BCUT2D eigenvalue weighted by atomic mass is 79.9. The van der Waals surface area contributed by atoms with E-state index in [-0.39, 0.29) is 4.47 Å². The van der Waals surface area contributed by atoms with Crippen LogP contribution in [0.25, 0.3) is 0 Å². The third kappa shape index (κ3) is 4.34. The number of amides is 3. The zero-order valence-corrected chi connectivity index (χ0v) is 13.9. The summed E-state index contributed by atoms with van der Waals surface area (Å²) in [6, 6.07) is 1.95. The van der Waals surface area contributed by atoms with Crippen LogP contribution >= 0.6 is 15.9 Å². The summed E-state index contributed by atoms with van der Waals surface area (Å²) in [6.07, 6.45) is -5.02. The molecule has 2 aromatic carbocycles. The van der Waals surface area contributed by atoms with Gasteiger partial charge in [-0.05, 0) is 40.2 Å². The van der Waals surface area contributed by atoms with E-state index in [1.54, 1.807) is 5.32 Å². The van der Waals surface area contributed by atoms with Crippen molar-refractivity contribution in [3.8, 4) is 0 Å². The summed E-state index contributed by atoms with van der Waals surface area (Å²) >= 11 is 2.76. The van der Waals surface area contributed by atoms with Gasteiger partial charge in [0.2, 0.25) is 0 Å². The van der Waals surface area contributed by atoms with E-state index in [1.807, 2.05) is 5.32 Å². The molecule has 0 saturated carbocycles. The first-order valence-corrected chi connectivity index (χ1v) is 7.42. The van der Waals surface area contributed by atoms with Crippen molar-refractivity contribution in [3.63, 3.8) is 0 Å². The summed E-state index contributed by atoms with van der Waals surface area (Å²) < 4.78 is 78.1. The molecule has 0 spiro atoms. The molecule has 26 heavy (non-hydrogen) atoms. The number of rotatable bonds is 2. The van der Waals surface area contributed by atoms with Crippen LogP contribution in [0.4, 0.5) is 36.8 Å². The van der Waals surface area contributed by atoms with Crippen LogP contribution in [0, 0.1) is 17.5 Å². The summed E-state index contributed by atoms with van der Waals surface area (Å²) in [5, 5.41) is 3.42.